The summed E-state index contributed by atoms with van der Waals surface area (Å²) in [5.41, 5.74) is 8.23. The number of nitrogens with two attached hydrogens (primary N) is 1. The highest BCUT2D eigenvalue weighted by Gasteiger charge is 2.35. The first-order chi connectivity index (χ1) is 9.31. The number of benzene rings is 1. The molecule has 1 aliphatic rings. The second-order valence-corrected chi connectivity index (χ2v) is 5.21. The van der Waals surface area contributed by atoms with E-state index in [9.17, 15) is 13.2 Å². The van der Waals surface area contributed by atoms with Gasteiger partial charge in [0.05, 0.1) is 13.5 Å². The van der Waals surface area contributed by atoms with E-state index in [4.69, 9.17) is 10.5 Å². The lowest BCUT2D eigenvalue weighted by molar-refractivity contribution is -0.138. The second-order valence-electron chi connectivity index (χ2n) is 5.21. The molecule has 0 radical (unpaired) electrons. The van der Waals surface area contributed by atoms with Gasteiger partial charge in [-0.3, -0.25) is 0 Å². The Kier molecular flexibility index (Phi) is 4.25. The van der Waals surface area contributed by atoms with E-state index in [0.717, 1.165) is 16.9 Å². The molecule has 1 aromatic rings. The van der Waals surface area contributed by atoms with Crippen LogP contribution in [0.25, 0.3) is 0 Å². The number of hydrogen-bond acceptors (Lipinski definition) is 3. The average molecular weight is 288 g/mol. The summed E-state index contributed by atoms with van der Waals surface area (Å²) in [5.74, 6) is 0.720. The minimum absolute atomic E-state index is 0.0347. The van der Waals surface area contributed by atoms with E-state index < -0.39 is 12.6 Å². The van der Waals surface area contributed by atoms with Gasteiger partial charge in [-0.05, 0) is 36.7 Å². The molecule has 0 heterocycles. The Balaban J connectivity index is 2.06. The first-order valence-corrected chi connectivity index (χ1v) is 6.51. The molecule has 2 rings (SSSR count). The van der Waals surface area contributed by atoms with E-state index in [1.54, 1.807) is 19.1 Å². The molecule has 2 atom stereocenters. The third-order valence-corrected chi connectivity index (χ3v) is 3.87. The van der Waals surface area contributed by atoms with Crippen LogP contribution < -0.4 is 10.5 Å². The van der Waals surface area contributed by atoms with E-state index >= 15 is 0 Å². The summed E-state index contributed by atoms with van der Waals surface area (Å²) in [6.45, 7) is -0.0347. The number of ether oxygens (including phenoxy) is 1. The molecule has 2 unspecified atom stereocenters. The van der Waals surface area contributed by atoms with Crippen molar-refractivity contribution >= 4 is 0 Å². The fourth-order valence-electron chi connectivity index (χ4n) is 2.65. The van der Waals surface area contributed by atoms with Crippen LogP contribution >= 0.6 is 0 Å². The van der Waals surface area contributed by atoms with Crippen molar-refractivity contribution in [3.8, 4) is 5.75 Å². The van der Waals surface area contributed by atoms with Gasteiger partial charge in [0.15, 0.2) is 0 Å². The van der Waals surface area contributed by atoms with Gasteiger partial charge in [-0.25, -0.2) is 0 Å². The van der Waals surface area contributed by atoms with Crippen LogP contribution in [0, 0.1) is 0 Å². The van der Waals surface area contributed by atoms with E-state index in [0.29, 0.717) is 6.42 Å². The molecule has 0 spiro atoms. The van der Waals surface area contributed by atoms with Gasteiger partial charge in [0.1, 0.15) is 5.75 Å². The highest BCUT2D eigenvalue weighted by Crippen LogP contribution is 2.35. The fourth-order valence-corrected chi connectivity index (χ4v) is 2.65. The van der Waals surface area contributed by atoms with Crippen molar-refractivity contribution in [2.75, 3.05) is 20.7 Å². The number of likely N-dealkylation sites (N-methyl/N-ethyl adjacent to an activating group) is 1. The summed E-state index contributed by atoms with van der Waals surface area (Å²) >= 11 is 0. The highest BCUT2D eigenvalue weighted by atomic mass is 19.4. The normalized spacial score (nSPS) is 22.1. The molecule has 0 saturated carbocycles. The molecule has 0 aliphatic heterocycles. The molecule has 20 heavy (non-hydrogen) atoms. The quantitative estimate of drug-likeness (QED) is 0.925. The number of nitrogens with zero attached hydrogens (tertiary/aromatic N) is 1. The van der Waals surface area contributed by atoms with Gasteiger partial charge in [0, 0.05) is 18.6 Å². The van der Waals surface area contributed by atoms with E-state index in [2.05, 4.69) is 0 Å². The van der Waals surface area contributed by atoms with Gasteiger partial charge >= 0.3 is 6.18 Å². The van der Waals surface area contributed by atoms with Crippen molar-refractivity contribution in [3.63, 3.8) is 0 Å². The fraction of sp³-hybridized carbons (Fsp3) is 0.571. The number of fused-ring (bicyclic) bond motifs is 1. The van der Waals surface area contributed by atoms with Crippen molar-refractivity contribution in [1.82, 2.24) is 4.90 Å². The summed E-state index contributed by atoms with van der Waals surface area (Å²) in [4.78, 5) is 1.70. The number of halogens is 3. The summed E-state index contributed by atoms with van der Waals surface area (Å²) in [5, 5.41) is 0. The summed E-state index contributed by atoms with van der Waals surface area (Å²) < 4.78 is 42.0. The first-order valence-electron chi connectivity index (χ1n) is 6.51. The molecule has 0 aromatic heterocycles. The number of rotatable bonds is 4. The molecule has 1 aromatic carbocycles. The highest BCUT2D eigenvalue weighted by molar-refractivity contribution is 5.42. The minimum atomic E-state index is -4.13. The monoisotopic (exact) mass is 288 g/mol. The van der Waals surface area contributed by atoms with Crippen molar-refractivity contribution < 1.29 is 17.9 Å². The molecule has 1 aliphatic carbocycles. The maximum absolute atomic E-state index is 12.3. The topological polar surface area (TPSA) is 38.5 Å². The van der Waals surface area contributed by atoms with Crippen LogP contribution in [0.15, 0.2) is 18.2 Å². The Bertz CT molecular complexity index is 476. The number of hydrogen-bond donors (Lipinski definition) is 1. The van der Waals surface area contributed by atoms with Crippen LogP contribution in [0.1, 0.15) is 23.6 Å². The van der Waals surface area contributed by atoms with Gasteiger partial charge in [-0.2, -0.15) is 13.2 Å². The Morgan fingerprint density at radius 1 is 1.40 bits per heavy atom. The summed E-state index contributed by atoms with van der Waals surface area (Å²) in [6.07, 6.45) is -4.27. The first kappa shape index (κ1) is 15.1. The number of alkyl halides is 3. The molecular weight excluding hydrogens is 269 g/mol. The molecule has 0 bridgehead atoms. The lowest BCUT2D eigenvalue weighted by atomic mass is 10.1. The number of methoxy groups -OCH3 is 1. The molecule has 0 fully saturated rings. The van der Waals surface area contributed by atoms with Gasteiger partial charge in [-0.15, -0.1) is 0 Å². The van der Waals surface area contributed by atoms with Gasteiger partial charge in [0.25, 0.3) is 0 Å². The van der Waals surface area contributed by atoms with E-state index in [-0.39, 0.29) is 18.6 Å². The maximum atomic E-state index is 12.3. The lowest BCUT2D eigenvalue weighted by Crippen LogP contribution is -2.40. The predicted molar refractivity (Wildman–Crippen MR) is 70.7 cm³/mol. The van der Waals surface area contributed by atoms with Crippen molar-refractivity contribution in [2.24, 2.45) is 5.73 Å². The Hall–Kier alpha value is -1.27. The lowest BCUT2D eigenvalue weighted by Gasteiger charge is -2.28. The molecule has 0 amide bonds. The van der Waals surface area contributed by atoms with Crippen LogP contribution in [0.5, 0.6) is 5.75 Å². The molecule has 2 N–H and O–H groups in total. The van der Waals surface area contributed by atoms with Crippen LogP contribution in [0.4, 0.5) is 13.2 Å². The van der Waals surface area contributed by atoms with Crippen LogP contribution in [-0.2, 0) is 6.42 Å². The minimum Gasteiger partial charge on any atom is -0.497 e. The summed E-state index contributed by atoms with van der Waals surface area (Å²) in [6, 6.07) is 5.28. The van der Waals surface area contributed by atoms with Gasteiger partial charge in [0.2, 0.25) is 0 Å². The molecular formula is C14H19F3N2O. The standard InChI is InChI=1S/C14H19F3N2O/c1-19(6-5-14(15,16)17)12-7-9-3-4-10(20-2)8-11(9)13(12)18/h3-4,8,12-13H,5-7,18H2,1-2H3. The molecule has 6 heteroatoms. The van der Waals surface area contributed by atoms with Crippen molar-refractivity contribution in [2.45, 2.75) is 31.1 Å². The van der Waals surface area contributed by atoms with Gasteiger partial charge < -0.3 is 15.4 Å². The zero-order valence-corrected chi connectivity index (χ0v) is 11.6. The maximum Gasteiger partial charge on any atom is 0.390 e. The van der Waals surface area contributed by atoms with E-state index in [1.165, 1.54) is 0 Å². The molecule has 112 valence electrons. The molecule has 3 nitrogen and oxygen atoms in total. The van der Waals surface area contributed by atoms with E-state index in [1.807, 2.05) is 18.2 Å². The van der Waals surface area contributed by atoms with Crippen LogP contribution in [0.3, 0.4) is 0 Å². The third kappa shape index (κ3) is 3.24. The Labute approximate surface area is 116 Å². The average Bonchev–Trinajstić information content (AvgIpc) is 2.72. The smallest absolute Gasteiger partial charge is 0.390 e. The van der Waals surface area contributed by atoms with Crippen molar-refractivity contribution in [1.29, 1.82) is 0 Å². The molecule has 0 saturated heterocycles. The zero-order chi connectivity index (χ0) is 14.9. The van der Waals surface area contributed by atoms with Crippen molar-refractivity contribution in [3.05, 3.63) is 29.3 Å². The van der Waals surface area contributed by atoms with Gasteiger partial charge in [-0.1, -0.05) is 6.07 Å². The predicted octanol–water partition coefficient (Wildman–Crippen LogP) is 2.50. The Morgan fingerprint density at radius 3 is 2.70 bits per heavy atom. The zero-order valence-electron chi connectivity index (χ0n) is 11.6. The Morgan fingerprint density at radius 2 is 2.10 bits per heavy atom. The van der Waals surface area contributed by atoms with Crippen LogP contribution in [-0.4, -0.2) is 37.8 Å². The summed E-state index contributed by atoms with van der Waals surface area (Å²) in [7, 11) is 3.27. The third-order valence-electron chi connectivity index (χ3n) is 3.87. The largest absolute Gasteiger partial charge is 0.497 e. The SMILES string of the molecule is COc1ccc2c(c1)C(N)C(N(C)CCC(F)(F)F)C2. The second kappa shape index (κ2) is 5.61. The van der Waals surface area contributed by atoms with Crippen LogP contribution in [0.2, 0.25) is 0 Å².